The smallest absolute Gasteiger partial charge is 0.273 e. The molecular formula is C8H11ClN2O3. The normalized spacial score (nSPS) is 10.1. The molecule has 0 saturated carbocycles. The van der Waals surface area contributed by atoms with Crippen LogP contribution in [0.1, 0.15) is 10.5 Å². The summed E-state index contributed by atoms with van der Waals surface area (Å²) >= 11 is 5.39. The van der Waals surface area contributed by atoms with E-state index in [0.717, 1.165) is 0 Å². The van der Waals surface area contributed by atoms with Gasteiger partial charge in [-0.3, -0.25) is 4.79 Å². The van der Waals surface area contributed by atoms with Crippen molar-refractivity contribution in [3.63, 3.8) is 0 Å². The fraction of sp³-hybridized carbons (Fsp3) is 0.500. The molecule has 0 aliphatic rings. The molecule has 1 aromatic rings. The number of hydrogen-bond donors (Lipinski definition) is 1. The summed E-state index contributed by atoms with van der Waals surface area (Å²) in [5.41, 5.74) is 0.266. The number of carbonyl (C=O) groups is 1. The van der Waals surface area contributed by atoms with Crippen molar-refractivity contribution in [3.8, 4) is 0 Å². The highest BCUT2D eigenvalue weighted by Crippen LogP contribution is 1.92. The molecule has 5 nitrogen and oxygen atoms in total. The molecule has 0 aliphatic heterocycles. The van der Waals surface area contributed by atoms with Crippen molar-refractivity contribution in [3.05, 3.63) is 18.0 Å². The minimum atomic E-state index is -0.270. The van der Waals surface area contributed by atoms with Gasteiger partial charge in [-0.1, -0.05) is 5.16 Å². The molecule has 14 heavy (non-hydrogen) atoms. The van der Waals surface area contributed by atoms with E-state index in [1.54, 1.807) is 0 Å². The third-order valence-corrected chi connectivity index (χ3v) is 1.58. The highest BCUT2D eigenvalue weighted by molar-refractivity contribution is 6.17. The number of ether oxygens (including phenoxy) is 1. The zero-order valence-corrected chi connectivity index (χ0v) is 8.29. The zero-order chi connectivity index (χ0) is 10.2. The third-order valence-electron chi connectivity index (χ3n) is 1.42. The van der Waals surface area contributed by atoms with E-state index < -0.39 is 0 Å². The van der Waals surface area contributed by atoms with Gasteiger partial charge in [-0.05, 0) is 0 Å². The summed E-state index contributed by atoms with van der Waals surface area (Å²) in [6, 6.07) is 1.49. The first kappa shape index (κ1) is 11.0. The average Bonchev–Trinajstić information content (AvgIpc) is 2.70. The average molecular weight is 219 g/mol. The van der Waals surface area contributed by atoms with E-state index in [-0.39, 0.29) is 11.6 Å². The van der Waals surface area contributed by atoms with Crippen LogP contribution < -0.4 is 5.32 Å². The van der Waals surface area contributed by atoms with E-state index in [1.165, 1.54) is 12.3 Å². The molecule has 78 valence electrons. The highest BCUT2D eigenvalue weighted by atomic mass is 35.5. The molecule has 0 bridgehead atoms. The van der Waals surface area contributed by atoms with Gasteiger partial charge in [-0.15, -0.1) is 11.6 Å². The molecule has 1 heterocycles. The Morgan fingerprint density at radius 3 is 3.14 bits per heavy atom. The van der Waals surface area contributed by atoms with Crippen LogP contribution in [0.4, 0.5) is 0 Å². The lowest BCUT2D eigenvalue weighted by Crippen LogP contribution is -2.27. The van der Waals surface area contributed by atoms with Crippen LogP contribution >= 0.6 is 11.6 Å². The molecule has 0 fully saturated rings. The molecular weight excluding hydrogens is 208 g/mol. The second-order valence-electron chi connectivity index (χ2n) is 2.44. The van der Waals surface area contributed by atoms with Gasteiger partial charge in [0.15, 0.2) is 5.69 Å². The molecule has 0 radical (unpaired) electrons. The van der Waals surface area contributed by atoms with Crippen LogP contribution in [0.15, 0.2) is 16.9 Å². The third kappa shape index (κ3) is 3.76. The molecule has 0 aromatic carbocycles. The Labute approximate surface area is 86.3 Å². The molecule has 0 spiro atoms. The van der Waals surface area contributed by atoms with Crippen molar-refractivity contribution in [1.82, 2.24) is 10.5 Å². The molecule has 0 aliphatic carbocycles. The van der Waals surface area contributed by atoms with Crippen LogP contribution in [0, 0.1) is 0 Å². The van der Waals surface area contributed by atoms with Crippen molar-refractivity contribution >= 4 is 17.5 Å². The minimum absolute atomic E-state index is 0.266. The van der Waals surface area contributed by atoms with Crippen LogP contribution in [0.3, 0.4) is 0 Å². The summed E-state index contributed by atoms with van der Waals surface area (Å²) in [7, 11) is 0. The molecule has 1 amide bonds. The maximum atomic E-state index is 11.2. The van der Waals surface area contributed by atoms with E-state index in [0.29, 0.717) is 25.6 Å². The Morgan fingerprint density at radius 1 is 1.64 bits per heavy atom. The Balaban J connectivity index is 2.10. The maximum absolute atomic E-state index is 11.2. The lowest BCUT2D eigenvalue weighted by molar-refractivity contribution is 0.0914. The number of hydrogen-bond acceptors (Lipinski definition) is 4. The molecule has 1 aromatic heterocycles. The van der Waals surface area contributed by atoms with Gasteiger partial charge in [0.05, 0.1) is 13.2 Å². The van der Waals surface area contributed by atoms with Gasteiger partial charge in [-0.2, -0.15) is 0 Å². The Morgan fingerprint density at radius 2 is 2.50 bits per heavy atom. The quantitative estimate of drug-likeness (QED) is 0.563. The second kappa shape index (κ2) is 6.39. The number of nitrogens with zero attached hydrogens (tertiary/aromatic N) is 1. The predicted octanol–water partition coefficient (Wildman–Crippen LogP) is 0.660. The van der Waals surface area contributed by atoms with E-state index in [2.05, 4.69) is 15.0 Å². The number of nitrogens with one attached hydrogen (secondary N) is 1. The molecule has 1 rings (SSSR count). The van der Waals surface area contributed by atoms with Gasteiger partial charge in [0.1, 0.15) is 6.26 Å². The standard InChI is InChI=1S/C8H11ClN2O3/c9-2-5-13-6-3-10-8(12)7-1-4-14-11-7/h1,4H,2-3,5-6H2,(H,10,12). The van der Waals surface area contributed by atoms with Gasteiger partial charge >= 0.3 is 0 Å². The SMILES string of the molecule is O=C(NCCOCCCl)c1ccon1. The maximum Gasteiger partial charge on any atom is 0.273 e. The summed E-state index contributed by atoms with van der Waals surface area (Å²) in [4.78, 5) is 11.2. The lowest BCUT2D eigenvalue weighted by atomic mass is 10.4. The van der Waals surface area contributed by atoms with Crippen molar-refractivity contribution < 1.29 is 14.1 Å². The Bertz CT molecular complexity index is 264. The van der Waals surface area contributed by atoms with E-state index in [9.17, 15) is 4.79 Å². The monoisotopic (exact) mass is 218 g/mol. The van der Waals surface area contributed by atoms with Gasteiger partial charge in [0, 0.05) is 18.5 Å². The number of aromatic nitrogens is 1. The van der Waals surface area contributed by atoms with Crippen LogP contribution in [0.2, 0.25) is 0 Å². The minimum Gasteiger partial charge on any atom is -0.378 e. The summed E-state index contributed by atoms with van der Waals surface area (Å²) < 4.78 is 9.58. The fourth-order valence-electron chi connectivity index (χ4n) is 0.814. The van der Waals surface area contributed by atoms with Gasteiger partial charge in [0.25, 0.3) is 5.91 Å². The lowest BCUT2D eigenvalue weighted by Gasteiger charge is -2.02. The van der Waals surface area contributed by atoms with Crippen LogP contribution in [0.25, 0.3) is 0 Å². The number of amides is 1. The number of carbonyl (C=O) groups excluding carboxylic acids is 1. The number of alkyl halides is 1. The van der Waals surface area contributed by atoms with Crippen LogP contribution in [0.5, 0.6) is 0 Å². The summed E-state index contributed by atoms with van der Waals surface area (Å²) in [6.07, 6.45) is 1.35. The van der Waals surface area contributed by atoms with Crippen molar-refractivity contribution in [1.29, 1.82) is 0 Å². The molecule has 0 unspecified atom stereocenters. The first-order chi connectivity index (χ1) is 6.84. The van der Waals surface area contributed by atoms with Gasteiger partial charge in [-0.25, -0.2) is 0 Å². The molecule has 0 atom stereocenters. The first-order valence-electron chi connectivity index (χ1n) is 4.17. The van der Waals surface area contributed by atoms with E-state index in [4.69, 9.17) is 16.3 Å². The van der Waals surface area contributed by atoms with Crippen LogP contribution in [-0.2, 0) is 4.74 Å². The first-order valence-corrected chi connectivity index (χ1v) is 4.70. The fourth-order valence-corrected chi connectivity index (χ4v) is 0.923. The van der Waals surface area contributed by atoms with E-state index in [1.807, 2.05) is 0 Å². The summed E-state index contributed by atoms with van der Waals surface area (Å²) in [5.74, 6) is 0.185. The number of rotatable bonds is 6. The topological polar surface area (TPSA) is 64.4 Å². The Kier molecular flexibility index (Phi) is 5.03. The van der Waals surface area contributed by atoms with Gasteiger partial charge in [0.2, 0.25) is 0 Å². The van der Waals surface area contributed by atoms with Crippen molar-refractivity contribution in [2.24, 2.45) is 0 Å². The van der Waals surface area contributed by atoms with Gasteiger partial charge < -0.3 is 14.6 Å². The highest BCUT2D eigenvalue weighted by Gasteiger charge is 2.06. The predicted molar refractivity (Wildman–Crippen MR) is 50.4 cm³/mol. The second-order valence-corrected chi connectivity index (χ2v) is 2.82. The molecule has 1 N–H and O–H groups in total. The number of halogens is 1. The summed E-state index contributed by atoms with van der Waals surface area (Å²) in [6.45, 7) is 1.36. The Hall–Kier alpha value is -1.07. The van der Waals surface area contributed by atoms with E-state index >= 15 is 0 Å². The van der Waals surface area contributed by atoms with Crippen molar-refractivity contribution in [2.45, 2.75) is 0 Å². The zero-order valence-electron chi connectivity index (χ0n) is 7.53. The summed E-state index contributed by atoms with van der Waals surface area (Å²) in [5, 5.41) is 6.10. The van der Waals surface area contributed by atoms with Crippen LogP contribution in [-0.4, -0.2) is 36.7 Å². The molecule has 0 saturated heterocycles. The molecule has 6 heteroatoms. The largest absolute Gasteiger partial charge is 0.378 e. The van der Waals surface area contributed by atoms with Crippen molar-refractivity contribution in [2.75, 3.05) is 25.6 Å².